The molecule has 0 bridgehead atoms. The number of carbonyl (C=O) groups excluding carboxylic acids is 2. The Bertz CT molecular complexity index is 1280. The molecule has 0 spiro atoms. The van der Waals surface area contributed by atoms with E-state index < -0.39 is 11.7 Å². The van der Waals surface area contributed by atoms with E-state index in [0.29, 0.717) is 42.3 Å². The van der Waals surface area contributed by atoms with Gasteiger partial charge in [-0.05, 0) is 55.0 Å². The van der Waals surface area contributed by atoms with Gasteiger partial charge >= 0.3 is 0 Å². The number of anilines is 4. The van der Waals surface area contributed by atoms with E-state index in [2.05, 4.69) is 37.8 Å². The van der Waals surface area contributed by atoms with Crippen molar-refractivity contribution in [3.63, 3.8) is 0 Å². The number of hydrogen-bond acceptors (Lipinski definition) is 7. The van der Waals surface area contributed by atoms with Gasteiger partial charge in [-0.3, -0.25) is 9.59 Å². The minimum absolute atomic E-state index is 0.0218. The van der Waals surface area contributed by atoms with Crippen LogP contribution in [0.15, 0.2) is 61.3 Å². The number of benzene rings is 2. The maximum Gasteiger partial charge on any atom is 0.251 e. The van der Waals surface area contributed by atoms with Crippen molar-refractivity contribution in [1.82, 2.24) is 15.3 Å². The molecule has 0 unspecified atom stereocenters. The van der Waals surface area contributed by atoms with E-state index in [1.807, 2.05) is 6.07 Å². The molecule has 11 heteroatoms. The van der Waals surface area contributed by atoms with Crippen molar-refractivity contribution in [2.45, 2.75) is 6.42 Å². The topological polar surface area (TPSA) is 132 Å². The van der Waals surface area contributed by atoms with Crippen LogP contribution in [-0.4, -0.2) is 34.9 Å². The zero-order chi connectivity index (χ0) is 25.2. The van der Waals surface area contributed by atoms with Crippen LogP contribution in [0.4, 0.5) is 27.5 Å². The van der Waals surface area contributed by atoms with E-state index >= 15 is 0 Å². The van der Waals surface area contributed by atoms with Gasteiger partial charge in [0.05, 0.1) is 23.5 Å². The van der Waals surface area contributed by atoms with Crippen LogP contribution in [0, 0.1) is 17.1 Å². The quantitative estimate of drug-likeness (QED) is 0.245. The van der Waals surface area contributed by atoms with Crippen molar-refractivity contribution in [2.24, 2.45) is 0 Å². The minimum Gasteiger partial charge on any atom is -0.354 e. The normalized spacial score (nSPS) is 10.1. The molecule has 0 saturated carbocycles. The van der Waals surface area contributed by atoms with Crippen LogP contribution in [-0.2, 0) is 4.79 Å². The molecule has 0 aliphatic carbocycles. The Hall–Kier alpha value is -4.49. The fourth-order valence-corrected chi connectivity index (χ4v) is 2.99. The van der Waals surface area contributed by atoms with Gasteiger partial charge in [0.25, 0.3) is 5.91 Å². The van der Waals surface area contributed by atoms with Crippen molar-refractivity contribution >= 4 is 46.6 Å². The highest BCUT2D eigenvalue weighted by Gasteiger charge is 2.10. The van der Waals surface area contributed by atoms with Crippen LogP contribution in [0.1, 0.15) is 22.3 Å². The molecule has 3 rings (SSSR count). The van der Waals surface area contributed by atoms with Crippen molar-refractivity contribution in [2.75, 3.05) is 29.0 Å². The Morgan fingerprint density at radius 2 is 1.94 bits per heavy atom. The van der Waals surface area contributed by atoms with Gasteiger partial charge in [-0.25, -0.2) is 9.37 Å². The summed E-state index contributed by atoms with van der Waals surface area (Å²) in [6, 6.07) is 12.4. The van der Waals surface area contributed by atoms with E-state index in [9.17, 15) is 14.0 Å². The highest BCUT2D eigenvalue weighted by atomic mass is 35.5. The number of halogens is 2. The first kappa shape index (κ1) is 25.1. The summed E-state index contributed by atoms with van der Waals surface area (Å²) in [5, 5.41) is 20.3. The zero-order valence-electron chi connectivity index (χ0n) is 18.4. The molecular formula is C24H21ClFN7O2. The number of aromatic nitrogens is 2. The highest BCUT2D eigenvalue weighted by molar-refractivity contribution is 6.32. The fourth-order valence-electron chi connectivity index (χ4n) is 2.85. The van der Waals surface area contributed by atoms with Crippen LogP contribution < -0.4 is 21.3 Å². The number of nitrogens with zero attached hydrogens (tertiary/aromatic N) is 3. The van der Waals surface area contributed by atoms with Crippen LogP contribution in [0.2, 0.25) is 5.02 Å². The molecule has 3 aromatic rings. The Kier molecular flexibility index (Phi) is 8.70. The SMILES string of the molecule is C=CC(=O)Nc1cc(Nc2nc(NCCCNC(=O)c3ccc(C#N)cc3)ncc2Cl)ccc1F. The van der Waals surface area contributed by atoms with E-state index in [-0.39, 0.29) is 22.4 Å². The lowest BCUT2D eigenvalue weighted by Gasteiger charge is -2.12. The average Bonchev–Trinajstić information content (AvgIpc) is 2.87. The second-order valence-electron chi connectivity index (χ2n) is 7.13. The number of rotatable bonds is 10. The third-order valence-corrected chi connectivity index (χ3v) is 4.89. The first-order chi connectivity index (χ1) is 16.9. The smallest absolute Gasteiger partial charge is 0.251 e. The van der Waals surface area contributed by atoms with Crippen LogP contribution in [0.25, 0.3) is 0 Å². The molecule has 1 heterocycles. The predicted octanol–water partition coefficient (Wildman–Crippen LogP) is 4.24. The zero-order valence-corrected chi connectivity index (χ0v) is 19.2. The number of amides is 2. The van der Waals surface area contributed by atoms with Crippen LogP contribution in [0.5, 0.6) is 0 Å². The molecule has 2 amide bonds. The largest absolute Gasteiger partial charge is 0.354 e. The van der Waals surface area contributed by atoms with Gasteiger partial charge in [-0.1, -0.05) is 18.2 Å². The first-order valence-electron chi connectivity index (χ1n) is 10.4. The van der Waals surface area contributed by atoms with Gasteiger partial charge in [0, 0.05) is 24.3 Å². The van der Waals surface area contributed by atoms with Gasteiger partial charge < -0.3 is 21.3 Å². The summed E-state index contributed by atoms with van der Waals surface area (Å²) in [4.78, 5) is 32.1. The Balaban J connectivity index is 1.52. The van der Waals surface area contributed by atoms with Gasteiger partial charge in [-0.15, -0.1) is 0 Å². The Labute approximate surface area is 206 Å². The second-order valence-corrected chi connectivity index (χ2v) is 7.54. The third-order valence-electron chi connectivity index (χ3n) is 4.61. The molecule has 35 heavy (non-hydrogen) atoms. The van der Waals surface area contributed by atoms with E-state index in [1.165, 1.54) is 24.4 Å². The Morgan fingerprint density at radius 1 is 1.17 bits per heavy atom. The number of nitriles is 1. The number of hydrogen-bond donors (Lipinski definition) is 4. The average molecular weight is 494 g/mol. The molecule has 9 nitrogen and oxygen atoms in total. The molecule has 0 radical (unpaired) electrons. The molecule has 0 aliphatic rings. The van der Waals surface area contributed by atoms with E-state index in [0.717, 1.165) is 6.08 Å². The molecule has 0 saturated heterocycles. The van der Waals surface area contributed by atoms with Gasteiger partial charge in [-0.2, -0.15) is 10.2 Å². The molecule has 178 valence electrons. The summed E-state index contributed by atoms with van der Waals surface area (Å²) in [6.07, 6.45) is 3.05. The van der Waals surface area contributed by atoms with Gasteiger partial charge in [0.2, 0.25) is 11.9 Å². The molecular weight excluding hydrogens is 473 g/mol. The van der Waals surface area contributed by atoms with Crippen molar-refractivity contribution < 1.29 is 14.0 Å². The summed E-state index contributed by atoms with van der Waals surface area (Å²) in [6.45, 7) is 4.23. The molecule has 1 aromatic heterocycles. The maximum atomic E-state index is 14.0. The summed E-state index contributed by atoms with van der Waals surface area (Å²) >= 11 is 6.18. The summed E-state index contributed by atoms with van der Waals surface area (Å²) < 4.78 is 14.0. The van der Waals surface area contributed by atoms with E-state index in [1.54, 1.807) is 24.3 Å². The summed E-state index contributed by atoms with van der Waals surface area (Å²) in [5.41, 5.74) is 1.39. The maximum absolute atomic E-state index is 14.0. The van der Waals surface area contributed by atoms with Crippen LogP contribution >= 0.6 is 11.6 Å². The molecule has 0 aliphatic heterocycles. The standard InChI is InChI=1S/C24H21ClFN7O2/c1-2-21(34)32-20-12-17(8-9-19(20)26)31-22-18(25)14-30-24(33-22)29-11-3-10-28-23(35)16-6-4-15(13-27)5-7-16/h2,4-9,12,14H,1,3,10-11H2,(H,28,35)(H,32,34)(H2,29,30,31,33). The van der Waals surface area contributed by atoms with E-state index in [4.69, 9.17) is 16.9 Å². The van der Waals surface area contributed by atoms with Crippen LogP contribution in [0.3, 0.4) is 0 Å². The monoisotopic (exact) mass is 493 g/mol. The van der Waals surface area contributed by atoms with Crippen molar-refractivity contribution in [3.05, 3.63) is 83.3 Å². The molecule has 0 fully saturated rings. The third kappa shape index (κ3) is 7.25. The Morgan fingerprint density at radius 3 is 2.66 bits per heavy atom. The first-order valence-corrected chi connectivity index (χ1v) is 10.8. The molecule has 4 N–H and O–H groups in total. The lowest BCUT2D eigenvalue weighted by atomic mass is 10.1. The molecule has 0 atom stereocenters. The predicted molar refractivity (Wildman–Crippen MR) is 132 cm³/mol. The second kappa shape index (κ2) is 12.1. The van der Waals surface area contributed by atoms with Crippen molar-refractivity contribution in [3.8, 4) is 6.07 Å². The number of carbonyl (C=O) groups is 2. The summed E-state index contributed by atoms with van der Waals surface area (Å²) in [7, 11) is 0. The number of nitrogens with one attached hydrogen (secondary N) is 4. The van der Waals surface area contributed by atoms with Crippen molar-refractivity contribution in [1.29, 1.82) is 5.26 Å². The fraction of sp³-hybridized carbons (Fsp3) is 0.125. The van der Waals surface area contributed by atoms with Gasteiger partial charge in [0.15, 0.2) is 5.82 Å². The lowest BCUT2D eigenvalue weighted by Crippen LogP contribution is -2.25. The minimum atomic E-state index is -0.604. The summed E-state index contributed by atoms with van der Waals surface area (Å²) in [5.74, 6) is -0.788. The highest BCUT2D eigenvalue weighted by Crippen LogP contribution is 2.26. The molecule has 2 aromatic carbocycles. The lowest BCUT2D eigenvalue weighted by molar-refractivity contribution is -0.111. The van der Waals surface area contributed by atoms with Gasteiger partial charge in [0.1, 0.15) is 10.8 Å².